The summed E-state index contributed by atoms with van der Waals surface area (Å²) in [5.74, 6) is 0.138. The zero-order valence-corrected chi connectivity index (χ0v) is 16.4. The van der Waals surface area contributed by atoms with E-state index in [4.69, 9.17) is 21.1 Å². The number of hydrogen-bond donors (Lipinski definition) is 0. The van der Waals surface area contributed by atoms with E-state index in [9.17, 15) is 9.59 Å². The highest BCUT2D eigenvalue weighted by Gasteiger charge is 2.29. The van der Waals surface area contributed by atoms with Gasteiger partial charge in [-0.3, -0.25) is 4.90 Å². The molecule has 0 aromatic rings. The summed E-state index contributed by atoms with van der Waals surface area (Å²) in [4.78, 5) is 25.6. The maximum Gasteiger partial charge on any atom is 0.410 e. The molecule has 0 N–H and O–H groups in total. The molecule has 0 bridgehead atoms. The summed E-state index contributed by atoms with van der Waals surface area (Å²) in [6, 6.07) is -0.618. The molecule has 1 unspecified atom stereocenters. The molecule has 5 nitrogen and oxygen atoms in total. The molecule has 0 aliphatic heterocycles. The predicted octanol–water partition coefficient (Wildman–Crippen LogP) is 4.61. The third-order valence-corrected chi connectivity index (χ3v) is 3.92. The number of halogens is 1. The molecule has 0 aliphatic rings. The van der Waals surface area contributed by atoms with Crippen LogP contribution in [0.25, 0.3) is 0 Å². The number of ether oxygens (including phenoxy) is 2. The number of esters is 1. The Morgan fingerprint density at radius 3 is 2.21 bits per heavy atom. The lowest BCUT2D eigenvalue weighted by Crippen LogP contribution is -2.44. The molecule has 0 spiro atoms. The van der Waals surface area contributed by atoms with Crippen molar-refractivity contribution in [1.29, 1.82) is 0 Å². The maximum atomic E-state index is 12.3. The van der Waals surface area contributed by atoms with Crippen LogP contribution in [0.4, 0.5) is 4.79 Å². The molecule has 142 valence electrons. The van der Waals surface area contributed by atoms with Crippen LogP contribution in [0.3, 0.4) is 0 Å². The Morgan fingerprint density at radius 1 is 1.00 bits per heavy atom. The van der Waals surface area contributed by atoms with Gasteiger partial charge in [-0.2, -0.15) is 0 Å². The molecular formula is C18H34ClNO4. The van der Waals surface area contributed by atoms with E-state index in [-0.39, 0.29) is 24.4 Å². The summed E-state index contributed by atoms with van der Waals surface area (Å²) in [7, 11) is 1.57. The fraction of sp³-hybridized carbons (Fsp3) is 0.889. The van der Waals surface area contributed by atoms with Gasteiger partial charge < -0.3 is 9.47 Å². The highest BCUT2D eigenvalue weighted by atomic mass is 35.5. The number of nitrogens with zero attached hydrogens (tertiary/aromatic N) is 1. The number of alkyl halides is 1. The zero-order chi connectivity index (χ0) is 18.4. The van der Waals surface area contributed by atoms with Gasteiger partial charge in [0, 0.05) is 7.05 Å². The van der Waals surface area contributed by atoms with Crippen LogP contribution < -0.4 is 0 Å². The van der Waals surface area contributed by atoms with Crippen molar-refractivity contribution in [2.45, 2.75) is 71.8 Å². The lowest BCUT2D eigenvalue weighted by Gasteiger charge is -2.27. The average Bonchev–Trinajstić information content (AvgIpc) is 2.55. The quantitative estimate of drug-likeness (QED) is 0.272. The molecule has 0 rings (SSSR count). The SMILES string of the molecule is CCCCCCCCOC(=O)C(CC(C)C)N(C)C(=O)OCCCl. The Balaban J connectivity index is 4.32. The van der Waals surface area contributed by atoms with Crippen molar-refractivity contribution >= 4 is 23.7 Å². The second-order valence-electron chi connectivity index (χ2n) is 6.49. The highest BCUT2D eigenvalue weighted by Crippen LogP contribution is 2.14. The summed E-state index contributed by atoms with van der Waals surface area (Å²) in [5, 5.41) is 0. The maximum absolute atomic E-state index is 12.3. The fourth-order valence-electron chi connectivity index (χ4n) is 2.37. The van der Waals surface area contributed by atoms with Crippen molar-refractivity contribution < 1.29 is 19.1 Å². The molecule has 0 heterocycles. The minimum Gasteiger partial charge on any atom is -0.464 e. The van der Waals surface area contributed by atoms with Crippen LogP contribution in [0, 0.1) is 5.92 Å². The summed E-state index contributed by atoms with van der Waals surface area (Å²) >= 11 is 5.52. The molecule has 0 saturated carbocycles. The van der Waals surface area contributed by atoms with Gasteiger partial charge in [-0.05, 0) is 18.8 Å². The smallest absolute Gasteiger partial charge is 0.410 e. The van der Waals surface area contributed by atoms with Gasteiger partial charge in [0.05, 0.1) is 12.5 Å². The molecule has 6 heteroatoms. The molecule has 0 aromatic heterocycles. The Kier molecular flexibility index (Phi) is 13.8. The first kappa shape index (κ1) is 23.0. The number of rotatable bonds is 13. The van der Waals surface area contributed by atoms with Gasteiger partial charge >= 0.3 is 12.1 Å². The average molecular weight is 364 g/mol. The topological polar surface area (TPSA) is 55.8 Å². The number of carbonyl (C=O) groups excluding carboxylic acids is 2. The molecule has 0 aromatic carbocycles. The summed E-state index contributed by atoms with van der Waals surface area (Å²) < 4.78 is 10.4. The molecular weight excluding hydrogens is 330 g/mol. The van der Waals surface area contributed by atoms with E-state index in [0.717, 1.165) is 12.8 Å². The van der Waals surface area contributed by atoms with E-state index in [1.807, 2.05) is 13.8 Å². The van der Waals surface area contributed by atoms with E-state index < -0.39 is 12.1 Å². The Bertz CT molecular complexity index is 350. The molecule has 24 heavy (non-hydrogen) atoms. The summed E-state index contributed by atoms with van der Waals surface area (Å²) in [5.41, 5.74) is 0. The van der Waals surface area contributed by atoms with Crippen molar-refractivity contribution in [3.8, 4) is 0 Å². The monoisotopic (exact) mass is 363 g/mol. The van der Waals surface area contributed by atoms with Crippen LogP contribution in [0.5, 0.6) is 0 Å². The minimum absolute atomic E-state index is 0.131. The number of amides is 1. The largest absolute Gasteiger partial charge is 0.464 e. The number of hydrogen-bond acceptors (Lipinski definition) is 4. The fourth-order valence-corrected chi connectivity index (χ4v) is 2.44. The first-order valence-electron chi connectivity index (χ1n) is 9.06. The first-order chi connectivity index (χ1) is 11.4. The number of likely N-dealkylation sites (N-methyl/N-ethyl adjacent to an activating group) is 1. The third-order valence-electron chi connectivity index (χ3n) is 3.77. The van der Waals surface area contributed by atoms with Crippen molar-refractivity contribution in [3.63, 3.8) is 0 Å². The van der Waals surface area contributed by atoms with E-state index in [1.54, 1.807) is 7.05 Å². The second kappa shape index (κ2) is 14.4. The van der Waals surface area contributed by atoms with Crippen LogP contribution in [0.2, 0.25) is 0 Å². The van der Waals surface area contributed by atoms with E-state index in [2.05, 4.69) is 6.92 Å². The first-order valence-corrected chi connectivity index (χ1v) is 9.59. The number of unbranched alkanes of at least 4 members (excludes halogenated alkanes) is 5. The van der Waals surface area contributed by atoms with Crippen molar-refractivity contribution in [2.75, 3.05) is 26.1 Å². The molecule has 0 radical (unpaired) electrons. The molecule has 0 saturated heterocycles. The van der Waals surface area contributed by atoms with Gasteiger partial charge in [0.2, 0.25) is 0 Å². The van der Waals surface area contributed by atoms with Gasteiger partial charge in [0.15, 0.2) is 0 Å². The lowest BCUT2D eigenvalue weighted by molar-refractivity contribution is -0.149. The van der Waals surface area contributed by atoms with Gasteiger partial charge in [-0.15, -0.1) is 11.6 Å². The highest BCUT2D eigenvalue weighted by molar-refractivity contribution is 6.18. The number of carbonyl (C=O) groups is 2. The van der Waals surface area contributed by atoms with Gasteiger partial charge in [-0.25, -0.2) is 9.59 Å². The van der Waals surface area contributed by atoms with Crippen LogP contribution in [0.1, 0.15) is 65.7 Å². The van der Waals surface area contributed by atoms with Crippen molar-refractivity contribution in [1.82, 2.24) is 4.90 Å². The van der Waals surface area contributed by atoms with Gasteiger partial charge in [0.1, 0.15) is 12.6 Å². The minimum atomic E-state index is -0.618. The predicted molar refractivity (Wildman–Crippen MR) is 97.4 cm³/mol. The van der Waals surface area contributed by atoms with Crippen molar-refractivity contribution in [2.24, 2.45) is 5.92 Å². The molecule has 0 aliphatic carbocycles. The van der Waals surface area contributed by atoms with Crippen molar-refractivity contribution in [3.05, 3.63) is 0 Å². The summed E-state index contributed by atoms with van der Waals surface area (Å²) in [6.07, 6.45) is 6.81. The lowest BCUT2D eigenvalue weighted by atomic mass is 10.0. The van der Waals surface area contributed by atoms with Crippen LogP contribution >= 0.6 is 11.6 Å². The van der Waals surface area contributed by atoms with Crippen LogP contribution in [-0.2, 0) is 14.3 Å². The van der Waals surface area contributed by atoms with Gasteiger partial charge in [0.25, 0.3) is 0 Å². The third kappa shape index (κ3) is 10.7. The second-order valence-corrected chi connectivity index (χ2v) is 6.87. The molecule has 0 fully saturated rings. The molecule has 1 atom stereocenters. The standard InChI is InChI=1S/C18H34ClNO4/c1-5-6-7-8-9-10-12-23-17(21)16(14-15(2)3)20(4)18(22)24-13-11-19/h15-16H,5-14H2,1-4H3. The van der Waals surface area contributed by atoms with E-state index in [1.165, 1.54) is 30.6 Å². The molecule has 1 amide bonds. The van der Waals surface area contributed by atoms with E-state index >= 15 is 0 Å². The Hall–Kier alpha value is -0.970. The van der Waals surface area contributed by atoms with Gasteiger partial charge in [-0.1, -0.05) is 52.9 Å². The Morgan fingerprint density at radius 2 is 1.62 bits per heavy atom. The summed E-state index contributed by atoms with van der Waals surface area (Å²) in [6.45, 7) is 6.74. The Labute approximate surface area is 152 Å². The zero-order valence-electron chi connectivity index (χ0n) is 15.7. The normalized spacial score (nSPS) is 12.1. The van der Waals surface area contributed by atoms with Crippen LogP contribution in [-0.4, -0.2) is 49.1 Å². The van der Waals surface area contributed by atoms with Crippen LogP contribution in [0.15, 0.2) is 0 Å². The van der Waals surface area contributed by atoms with E-state index in [0.29, 0.717) is 13.0 Å².